The van der Waals surface area contributed by atoms with E-state index in [1.165, 1.54) is 12.8 Å². The van der Waals surface area contributed by atoms with Gasteiger partial charge in [0.25, 0.3) is 0 Å². The Hall–Kier alpha value is -3.39. The maximum Gasteiger partial charge on any atom is 0.229 e. The molecule has 8 heteroatoms. The highest BCUT2D eigenvalue weighted by Gasteiger charge is 2.23. The Balaban J connectivity index is 1.52. The second kappa shape index (κ2) is 10.7. The van der Waals surface area contributed by atoms with E-state index >= 15 is 0 Å². The van der Waals surface area contributed by atoms with E-state index in [0.29, 0.717) is 30.5 Å². The molecular weight excluding hydrogens is 424 g/mol. The highest BCUT2D eigenvalue weighted by atomic mass is 15.4. The SMILES string of the molecule is C=CC(=C)Nc1cccc(CNc2nc(N[C@H]3CC[C@H](N(C)C)CC3)nc3c(CC)cnn23)c1. The normalized spacial score (nSPS) is 18.1. The fourth-order valence-corrected chi connectivity index (χ4v) is 4.45. The van der Waals surface area contributed by atoms with Crippen LogP contribution in [0.2, 0.25) is 0 Å². The fourth-order valence-electron chi connectivity index (χ4n) is 4.45. The number of hydrogen-bond acceptors (Lipinski definition) is 7. The van der Waals surface area contributed by atoms with Crippen LogP contribution in [0.1, 0.15) is 43.7 Å². The van der Waals surface area contributed by atoms with E-state index in [2.05, 4.69) is 72.3 Å². The van der Waals surface area contributed by atoms with E-state index in [4.69, 9.17) is 9.97 Å². The molecule has 0 atom stereocenters. The summed E-state index contributed by atoms with van der Waals surface area (Å²) >= 11 is 0. The van der Waals surface area contributed by atoms with E-state index in [0.717, 1.165) is 47.4 Å². The van der Waals surface area contributed by atoms with Crippen molar-refractivity contribution in [2.45, 2.75) is 57.7 Å². The van der Waals surface area contributed by atoms with Crippen LogP contribution >= 0.6 is 0 Å². The van der Waals surface area contributed by atoms with Crippen LogP contribution < -0.4 is 16.0 Å². The molecule has 3 N–H and O–H groups in total. The van der Waals surface area contributed by atoms with Gasteiger partial charge in [-0.05, 0) is 70.0 Å². The highest BCUT2D eigenvalue weighted by Crippen LogP contribution is 2.25. The number of nitrogens with one attached hydrogen (secondary N) is 3. The largest absolute Gasteiger partial charge is 0.356 e. The standard InChI is InChI=1S/C26H36N8/c1-6-18(3)29-22-10-8-9-19(15-22)16-27-26-32-25(31-24-20(7-2)17-28-34(24)26)30-21-11-13-23(14-12-21)33(4)5/h6,8-10,15,17,21,23,29H,1,3,7,11-14,16H2,2,4-5H3,(H2,27,30,31,32)/t21-,23-. The lowest BCUT2D eigenvalue weighted by molar-refractivity contribution is 0.221. The monoisotopic (exact) mass is 460 g/mol. The quantitative estimate of drug-likeness (QED) is 0.379. The molecule has 1 saturated carbocycles. The van der Waals surface area contributed by atoms with E-state index in [1.54, 1.807) is 10.6 Å². The third kappa shape index (κ3) is 5.56. The molecule has 2 heterocycles. The number of fused-ring (bicyclic) bond motifs is 1. The topological polar surface area (TPSA) is 82.4 Å². The summed E-state index contributed by atoms with van der Waals surface area (Å²) in [5.41, 5.74) is 4.82. The van der Waals surface area contributed by atoms with Gasteiger partial charge < -0.3 is 20.9 Å². The second-order valence-electron chi connectivity index (χ2n) is 9.15. The lowest BCUT2D eigenvalue weighted by Gasteiger charge is -2.33. The zero-order valence-corrected chi connectivity index (χ0v) is 20.5. The summed E-state index contributed by atoms with van der Waals surface area (Å²) in [6, 6.07) is 9.24. The first-order valence-electron chi connectivity index (χ1n) is 12.1. The Bertz CT molecular complexity index is 1140. The van der Waals surface area contributed by atoms with Crippen LogP contribution in [0.4, 0.5) is 17.6 Å². The average Bonchev–Trinajstić information content (AvgIpc) is 3.26. The summed E-state index contributed by atoms with van der Waals surface area (Å²) in [5, 5.41) is 14.9. The minimum Gasteiger partial charge on any atom is -0.356 e. The molecule has 0 amide bonds. The van der Waals surface area contributed by atoms with Gasteiger partial charge in [-0.1, -0.05) is 32.2 Å². The van der Waals surface area contributed by atoms with Gasteiger partial charge in [0, 0.05) is 35.6 Å². The van der Waals surface area contributed by atoms with Crippen molar-refractivity contribution in [1.82, 2.24) is 24.5 Å². The van der Waals surface area contributed by atoms with Gasteiger partial charge in [-0.15, -0.1) is 0 Å². The number of rotatable bonds is 10. The average molecular weight is 461 g/mol. The maximum absolute atomic E-state index is 4.82. The number of nitrogens with zero attached hydrogens (tertiary/aromatic N) is 5. The number of anilines is 3. The van der Waals surface area contributed by atoms with Crippen LogP contribution in [0, 0.1) is 0 Å². The molecule has 1 aliphatic rings. The molecule has 180 valence electrons. The van der Waals surface area contributed by atoms with Crippen molar-refractivity contribution < 1.29 is 0 Å². The summed E-state index contributed by atoms with van der Waals surface area (Å²) in [7, 11) is 4.33. The molecule has 0 spiro atoms. The van der Waals surface area contributed by atoms with Gasteiger partial charge in [-0.3, -0.25) is 0 Å². The summed E-state index contributed by atoms with van der Waals surface area (Å²) in [6.45, 7) is 10.4. The lowest BCUT2D eigenvalue weighted by atomic mass is 9.91. The first kappa shape index (κ1) is 23.8. The van der Waals surface area contributed by atoms with Crippen LogP contribution in [-0.4, -0.2) is 50.7 Å². The molecule has 2 aromatic heterocycles. The van der Waals surface area contributed by atoms with Gasteiger partial charge in [0.1, 0.15) is 0 Å². The van der Waals surface area contributed by atoms with Crippen molar-refractivity contribution in [2.75, 3.05) is 30.0 Å². The fraction of sp³-hybridized carbons (Fsp3) is 0.423. The molecule has 1 fully saturated rings. The molecule has 1 aliphatic carbocycles. The smallest absolute Gasteiger partial charge is 0.229 e. The molecule has 3 aromatic rings. The van der Waals surface area contributed by atoms with Gasteiger partial charge in [0.15, 0.2) is 5.65 Å². The first-order valence-corrected chi connectivity index (χ1v) is 12.1. The minimum absolute atomic E-state index is 0.389. The molecule has 0 saturated heterocycles. The van der Waals surface area contributed by atoms with Crippen LogP contribution in [0.5, 0.6) is 0 Å². The minimum atomic E-state index is 0.389. The number of benzene rings is 1. The van der Waals surface area contributed by atoms with Crippen molar-refractivity contribution in [2.24, 2.45) is 0 Å². The Labute approximate surface area is 202 Å². The molecular formula is C26H36N8. The molecule has 34 heavy (non-hydrogen) atoms. The Kier molecular flexibility index (Phi) is 7.47. The molecule has 0 bridgehead atoms. The highest BCUT2D eigenvalue weighted by molar-refractivity contribution is 5.55. The van der Waals surface area contributed by atoms with Crippen LogP contribution in [0.15, 0.2) is 55.4 Å². The van der Waals surface area contributed by atoms with Crippen LogP contribution in [-0.2, 0) is 13.0 Å². The van der Waals surface area contributed by atoms with Gasteiger partial charge in [0.05, 0.1) is 6.20 Å². The van der Waals surface area contributed by atoms with Crippen LogP contribution in [0.3, 0.4) is 0 Å². The number of aromatic nitrogens is 4. The van der Waals surface area contributed by atoms with Gasteiger partial charge in [-0.25, -0.2) is 0 Å². The van der Waals surface area contributed by atoms with E-state index < -0.39 is 0 Å². The Morgan fingerprint density at radius 3 is 2.71 bits per heavy atom. The molecule has 8 nitrogen and oxygen atoms in total. The lowest BCUT2D eigenvalue weighted by Crippen LogP contribution is -2.36. The van der Waals surface area contributed by atoms with E-state index in [9.17, 15) is 0 Å². The molecule has 0 unspecified atom stereocenters. The second-order valence-corrected chi connectivity index (χ2v) is 9.15. The van der Waals surface area contributed by atoms with E-state index in [1.807, 2.05) is 18.3 Å². The maximum atomic E-state index is 4.82. The number of allylic oxidation sites excluding steroid dienone is 1. The summed E-state index contributed by atoms with van der Waals surface area (Å²) < 4.78 is 1.80. The van der Waals surface area contributed by atoms with Gasteiger partial charge in [0.2, 0.25) is 11.9 Å². The third-order valence-electron chi connectivity index (χ3n) is 6.51. The predicted octanol–water partition coefficient (Wildman–Crippen LogP) is 4.70. The van der Waals surface area contributed by atoms with Gasteiger partial charge in [-0.2, -0.15) is 19.6 Å². The molecule has 1 aromatic carbocycles. The zero-order chi connectivity index (χ0) is 24.1. The molecule has 0 aliphatic heterocycles. The van der Waals surface area contributed by atoms with Crippen LogP contribution in [0.25, 0.3) is 5.65 Å². The van der Waals surface area contributed by atoms with Crippen molar-refractivity contribution >= 4 is 23.2 Å². The molecule has 0 radical (unpaired) electrons. The first-order chi connectivity index (χ1) is 16.5. The van der Waals surface area contributed by atoms with Crippen molar-refractivity contribution in [3.05, 3.63) is 66.5 Å². The van der Waals surface area contributed by atoms with Crippen molar-refractivity contribution in [1.29, 1.82) is 0 Å². The van der Waals surface area contributed by atoms with Crippen molar-refractivity contribution in [3.63, 3.8) is 0 Å². The zero-order valence-electron chi connectivity index (χ0n) is 20.5. The summed E-state index contributed by atoms with van der Waals surface area (Å²) in [4.78, 5) is 12.0. The predicted molar refractivity (Wildman–Crippen MR) is 140 cm³/mol. The number of aryl methyl sites for hydroxylation is 1. The number of hydrogen-bond donors (Lipinski definition) is 3. The summed E-state index contributed by atoms with van der Waals surface area (Å²) in [6.07, 6.45) is 9.07. The Morgan fingerprint density at radius 2 is 2.00 bits per heavy atom. The molecule has 4 rings (SSSR count). The summed E-state index contributed by atoms with van der Waals surface area (Å²) in [5.74, 6) is 1.35. The van der Waals surface area contributed by atoms with Crippen molar-refractivity contribution in [3.8, 4) is 0 Å². The third-order valence-corrected chi connectivity index (χ3v) is 6.51. The van der Waals surface area contributed by atoms with Gasteiger partial charge >= 0.3 is 0 Å². The Morgan fingerprint density at radius 1 is 1.21 bits per heavy atom. The van der Waals surface area contributed by atoms with E-state index in [-0.39, 0.29) is 0 Å².